The highest BCUT2D eigenvalue weighted by molar-refractivity contribution is 9.09. The SMILES string of the molecule is O=C1CC[C@@H]([C@@H](O)CBr)N1Cc1ccccc1. The van der Waals surface area contributed by atoms with Crippen LogP contribution in [0.3, 0.4) is 0 Å². The molecule has 2 rings (SSSR count). The minimum Gasteiger partial charge on any atom is -0.390 e. The van der Waals surface area contributed by atoms with Gasteiger partial charge in [-0.1, -0.05) is 46.3 Å². The number of halogens is 1. The average molecular weight is 298 g/mol. The molecule has 1 aliphatic rings. The maximum Gasteiger partial charge on any atom is 0.223 e. The van der Waals surface area contributed by atoms with Crippen molar-refractivity contribution in [2.24, 2.45) is 0 Å². The summed E-state index contributed by atoms with van der Waals surface area (Å²) in [6.45, 7) is 0.592. The number of rotatable bonds is 4. The van der Waals surface area contributed by atoms with Gasteiger partial charge in [-0.3, -0.25) is 4.79 Å². The number of aliphatic hydroxyl groups excluding tert-OH is 1. The Morgan fingerprint density at radius 1 is 1.41 bits per heavy atom. The highest BCUT2D eigenvalue weighted by Gasteiger charge is 2.35. The molecule has 3 nitrogen and oxygen atoms in total. The third-order valence-electron chi connectivity index (χ3n) is 3.17. The van der Waals surface area contributed by atoms with Gasteiger partial charge in [-0.2, -0.15) is 0 Å². The third-order valence-corrected chi connectivity index (χ3v) is 3.84. The monoisotopic (exact) mass is 297 g/mol. The maximum absolute atomic E-state index is 11.8. The predicted molar refractivity (Wildman–Crippen MR) is 69.8 cm³/mol. The van der Waals surface area contributed by atoms with Crippen LogP contribution in [0.15, 0.2) is 30.3 Å². The number of hydrogen-bond donors (Lipinski definition) is 1. The minimum atomic E-state index is -0.481. The van der Waals surface area contributed by atoms with Crippen molar-refractivity contribution in [3.63, 3.8) is 0 Å². The Bertz CT molecular complexity index is 382. The van der Waals surface area contributed by atoms with E-state index in [2.05, 4.69) is 15.9 Å². The first-order valence-electron chi connectivity index (χ1n) is 5.80. The van der Waals surface area contributed by atoms with Gasteiger partial charge in [0.2, 0.25) is 5.91 Å². The first-order chi connectivity index (χ1) is 8.22. The first kappa shape index (κ1) is 12.6. The standard InChI is InChI=1S/C13H16BrNO2/c14-8-12(16)11-6-7-13(17)15(11)9-10-4-2-1-3-5-10/h1-5,11-12,16H,6-9H2/t11-,12-/m0/s1. The van der Waals surface area contributed by atoms with Gasteiger partial charge in [0.15, 0.2) is 0 Å². The summed E-state index contributed by atoms with van der Waals surface area (Å²) in [5.74, 6) is 0.138. The van der Waals surface area contributed by atoms with Gasteiger partial charge in [-0.25, -0.2) is 0 Å². The largest absolute Gasteiger partial charge is 0.390 e. The molecule has 2 atom stereocenters. The van der Waals surface area contributed by atoms with E-state index in [4.69, 9.17) is 0 Å². The molecule has 0 saturated carbocycles. The quantitative estimate of drug-likeness (QED) is 0.863. The zero-order valence-corrected chi connectivity index (χ0v) is 11.1. The van der Waals surface area contributed by atoms with Crippen molar-refractivity contribution in [1.29, 1.82) is 0 Å². The van der Waals surface area contributed by atoms with E-state index in [1.807, 2.05) is 30.3 Å². The van der Waals surface area contributed by atoms with Crippen LogP contribution in [0.4, 0.5) is 0 Å². The summed E-state index contributed by atoms with van der Waals surface area (Å²) < 4.78 is 0. The lowest BCUT2D eigenvalue weighted by Gasteiger charge is -2.28. The summed E-state index contributed by atoms with van der Waals surface area (Å²) in [4.78, 5) is 13.6. The summed E-state index contributed by atoms with van der Waals surface area (Å²) in [7, 11) is 0. The Kier molecular flexibility index (Phi) is 4.18. The number of benzene rings is 1. The molecule has 1 aliphatic heterocycles. The first-order valence-corrected chi connectivity index (χ1v) is 6.92. The lowest BCUT2D eigenvalue weighted by molar-refractivity contribution is -0.130. The van der Waals surface area contributed by atoms with Gasteiger partial charge in [-0.05, 0) is 12.0 Å². The van der Waals surface area contributed by atoms with E-state index < -0.39 is 6.10 Å². The molecule has 0 bridgehead atoms. The molecule has 17 heavy (non-hydrogen) atoms. The lowest BCUT2D eigenvalue weighted by Crippen LogP contribution is -2.41. The predicted octanol–water partition coefficient (Wildman–Crippen LogP) is 1.93. The van der Waals surface area contributed by atoms with E-state index in [1.54, 1.807) is 4.90 Å². The molecule has 1 amide bonds. The van der Waals surface area contributed by atoms with E-state index >= 15 is 0 Å². The second-order valence-electron chi connectivity index (χ2n) is 4.33. The fourth-order valence-electron chi connectivity index (χ4n) is 2.24. The van der Waals surface area contributed by atoms with Gasteiger partial charge in [-0.15, -0.1) is 0 Å². The van der Waals surface area contributed by atoms with Crippen LogP contribution in [0, 0.1) is 0 Å². The van der Waals surface area contributed by atoms with Gasteiger partial charge in [0, 0.05) is 18.3 Å². The molecule has 1 saturated heterocycles. The molecule has 1 fully saturated rings. The molecule has 0 spiro atoms. The molecule has 1 aromatic carbocycles. The molecular formula is C13H16BrNO2. The lowest BCUT2D eigenvalue weighted by atomic mass is 10.1. The van der Waals surface area contributed by atoms with Crippen molar-refractivity contribution in [1.82, 2.24) is 4.90 Å². The smallest absolute Gasteiger partial charge is 0.223 e. The number of likely N-dealkylation sites (tertiary alicyclic amines) is 1. The molecule has 0 aliphatic carbocycles. The van der Waals surface area contributed by atoms with Crippen LogP contribution in [0.2, 0.25) is 0 Å². The number of amides is 1. The molecule has 4 heteroatoms. The summed E-state index contributed by atoms with van der Waals surface area (Å²) in [6, 6.07) is 9.84. The maximum atomic E-state index is 11.8. The molecule has 0 aromatic heterocycles. The van der Waals surface area contributed by atoms with E-state index in [-0.39, 0.29) is 11.9 Å². The van der Waals surface area contributed by atoms with Crippen molar-refractivity contribution in [2.75, 3.05) is 5.33 Å². The summed E-state index contributed by atoms with van der Waals surface area (Å²) in [5.41, 5.74) is 1.11. The normalized spacial score (nSPS) is 21.9. The molecule has 1 aromatic rings. The number of carbonyl (C=O) groups excluding carboxylic acids is 1. The van der Waals surface area contributed by atoms with Crippen molar-refractivity contribution in [3.05, 3.63) is 35.9 Å². The molecule has 92 valence electrons. The van der Waals surface area contributed by atoms with Gasteiger partial charge in [0.05, 0.1) is 12.1 Å². The van der Waals surface area contributed by atoms with Crippen molar-refractivity contribution < 1.29 is 9.90 Å². The highest BCUT2D eigenvalue weighted by Crippen LogP contribution is 2.24. The van der Waals surface area contributed by atoms with E-state index in [0.717, 1.165) is 12.0 Å². The molecule has 0 unspecified atom stereocenters. The number of nitrogens with zero attached hydrogens (tertiary/aromatic N) is 1. The van der Waals surface area contributed by atoms with Gasteiger partial charge >= 0.3 is 0 Å². The topological polar surface area (TPSA) is 40.5 Å². The van der Waals surface area contributed by atoms with E-state index in [0.29, 0.717) is 18.3 Å². The number of aliphatic hydroxyl groups is 1. The second-order valence-corrected chi connectivity index (χ2v) is 4.98. The zero-order valence-electron chi connectivity index (χ0n) is 9.55. The Morgan fingerprint density at radius 2 is 2.12 bits per heavy atom. The third kappa shape index (κ3) is 2.87. The average Bonchev–Trinajstić information content (AvgIpc) is 2.72. The van der Waals surface area contributed by atoms with Gasteiger partial charge in [0.25, 0.3) is 0 Å². The summed E-state index contributed by atoms with van der Waals surface area (Å²) in [5, 5.41) is 10.4. The molecular weight excluding hydrogens is 282 g/mol. The highest BCUT2D eigenvalue weighted by atomic mass is 79.9. The van der Waals surface area contributed by atoms with Crippen LogP contribution in [-0.4, -0.2) is 33.4 Å². The Hall–Kier alpha value is -0.870. The Morgan fingerprint density at radius 3 is 2.76 bits per heavy atom. The van der Waals surface area contributed by atoms with Crippen LogP contribution in [0.25, 0.3) is 0 Å². The molecule has 1 N–H and O–H groups in total. The van der Waals surface area contributed by atoms with Crippen LogP contribution in [0.1, 0.15) is 18.4 Å². The number of hydrogen-bond acceptors (Lipinski definition) is 2. The summed E-state index contributed by atoms with van der Waals surface area (Å²) in [6.07, 6.45) is 0.810. The van der Waals surface area contributed by atoms with Crippen LogP contribution in [-0.2, 0) is 11.3 Å². The summed E-state index contributed by atoms with van der Waals surface area (Å²) >= 11 is 3.27. The van der Waals surface area contributed by atoms with Crippen LogP contribution in [0.5, 0.6) is 0 Å². The minimum absolute atomic E-state index is 0.0536. The van der Waals surface area contributed by atoms with E-state index in [9.17, 15) is 9.90 Å². The Labute approximate surface area is 110 Å². The number of alkyl halides is 1. The number of carbonyl (C=O) groups is 1. The van der Waals surface area contributed by atoms with Crippen molar-refractivity contribution >= 4 is 21.8 Å². The fourth-order valence-corrected chi connectivity index (χ4v) is 2.68. The van der Waals surface area contributed by atoms with Gasteiger partial charge in [0.1, 0.15) is 0 Å². The van der Waals surface area contributed by atoms with E-state index in [1.165, 1.54) is 0 Å². The molecule has 0 radical (unpaired) electrons. The van der Waals surface area contributed by atoms with Crippen LogP contribution >= 0.6 is 15.9 Å². The van der Waals surface area contributed by atoms with Crippen molar-refractivity contribution in [3.8, 4) is 0 Å². The van der Waals surface area contributed by atoms with Crippen molar-refractivity contribution in [2.45, 2.75) is 31.5 Å². The van der Waals surface area contributed by atoms with Gasteiger partial charge < -0.3 is 10.0 Å². The fraction of sp³-hybridized carbons (Fsp3) is 0.462. The zero-order chi connectivity index (χ0) is 12.3. The second kappa shape index (κ2) is 5.65. The molecule has 1 heterocycles. The van der Waals surface area contributed by atoms with Crippen LogP contribution < -0.4 is 0 Å². The Balaban J connectivity index is 2.09.